The van der Waals surface area contributed by atoms with Crippen molar-refractivity contribution in [3.63, 3.8) is 0 Å². The van der Waals surface area contributed by atoms with E-state index in [2.05, 4.69) is 4.98 Å². The maximum atomic E-state index is 12.0. The van der Waals surface area contributed by atoms with E-state index >= 15 is 0 Å². The summed E-state index contributed by atoms with van der Waals surface area (Å²) in [6.07, 6.45) is 1.71. The van der Waals surface area contributed by atoms with Gasteiger partial charge in [0.2, 0.25) is 0 Å². The minimum Gasteiger partial charge on any atom is -0.319 e. The van der Waals surface area contributed by atoms with Gasteiger partial charge in [-0.1, -0.05) is 18.2 Å². The first-order chi connectivity index (χ1) is 7.48. The van der Waals surface area contributed by atoms with Gasteiger partial charge in [0.25, 0.3) is 0 Å². The summed E-state index contributed by atoms with van der Waals surface area (Å²) < 4.78 is 0. The predicted molar refractivity (Wildman–Crippen MR) is 64.3 cm³/mol. The van der Waals surface area contributed by atoms with Gasteiger partial charge < -0.3 is 5.73 Å². The van der Waals surface area contributed by atoms with Crippen LogP contribution in [0.15, 0.2) is 36.5 Å². The molecule has 0 aliphatic heterocycles. The van der Waals surface area contributed by atoms with E-state index in [1.807, 2.05) is 18.2 Å². The van der Waals surface area contributed by atoms with Crippen LogP contribution in [0.3, 0.4) is 0 Å². The van der Waals surface area contributed by atoms with Crippen LogP contribution in [0.5, 0.6) is 0 Å². The molecule has 0 aliphatic rings. The van der Waals surface area contributed by atoms with Gasteiger partial charge in [0.15, 0.2) is 5.78 Å². The fraction of sp³-hybridized carbons (Fsp3) is 0.231. The highest BCUT2D eigenvalue weighted by Gasteiger charge is 2.23. The van der Waals surface area contributed by atoms with E-state index in [-0.39, 0.29) is 5.78 Å². The van der Waals surface area contributed by atoms with Crippen molar-refractivity contribution in [3.8, 4) is 0 Å². The van der Waals surface area contributed by atoms with Crippen LogP contribution in [0, 0.1) is 0 Å². The Balaban J connectivity index is 2.52. The van der Waals surface area contributed by atoms with E-state index in [0.717, 1.165) is 10.9 Å². The normalized spacial score (nSPS) is 11.7. The molecule has 0 radical (unpaired) electrons. The zero-order chi connectivity index (χ0) is 11.8. The summed E-state index contributed by atoms with van der Waals surface area (Å²) in [5, 5.41) is 1.02. The van der Waals surface area contributed by atoms with Crippen molar-refractivity contribution < 1.29 is 4.79 Å². The molecule has 0 unspecified atom stereocenters. The Hall–Kier alpha value is -1.74. The van der Waals surface area contributed by atoms with Crippen LogP contribution < -0.4 is 5.73 Å². The standard InChI is InChI=1S/C13H14N2O/c1-13(2,14)12(16)10-6-5-9-4-3-7-15-11(9)8-10/h3-8H,14H2,1-2H3. The third-order valence-electron chi connectivity index (χ3n) is 2.45. The number of nitrogens with zero attached hydrogens (tertiary/aromatic N) is 1. The summed E-state index contributed by atoms with van der Waals surface area (Å²) in [6.45, 7) is 3.41. The molecule has 1 aromatic heterocycles. The molecule has 0 fully saturated rings. The van der Waals surface area contributed by atoms with E-state index in [0.29, 0.717) is 5.56 Å². The first kappa shape index (κ1) is 10.8. The lowest BCUT2D eigenvalue weighted by Crippen LogP contribution is -2.41. The monoisotopic (exact) mass is 214 g/mol. The SMILES string of the molecule is CC(C)(N)C(=O)c1ccc2cccnc2c1. The Morgan fingerprint density at radius 2 is 2.06 bits per heavy atom. The number of carbonyl (C=O) groups is 1. The van der Waals surface area contributed by atoms with E-state index in [9.17, 15) is 4.79 Å². The lowest BCUT2D eigenvalue weighted by atomic mass is 9.94. The molecule has 0 spiro atoms. The van der Waals surface area contributed by atoms with Crippen LogP contribution in [0.2, 0.25) is 0 Å². The van der Waals surface area contributed by atoms with Gasteiger partial charge in [0, 0.05) is 17.1 Å². The largest absolute Gasteiger partial charge is 0.319 e. The van der Waals surface area contributed by atoms with Gasteiger partial charge in [0.1, 0.15) is 0 Å². The number of pyridine rings is 1. The third-order valence-corrected chi connectivity index (χ3v) is 2.45. The highest BCUT2D eigenvalue weighted by Crippen LogP contribution is 2.16. The third kappa shape index (κ3) is 1.95. The number of ketones is 1. The topological polar surface area (TPSA) is 56.0 Å². The molecule has 1 aromatic carbocycles. The second-order valence-electron chi connectivity index (χ2n) is 4.46. The van der Waals surface area contributed by atoms with Crippen molar-refractivity contribution >= 4 is 16.7 Å². The van der Waals surface area contributed by atoms with Gasteiger partial charge in [-0.15, -0.1) is 0 Å². The van der Waals surface area contributed by atoms with Crippen LogP contribution in [0.4, 0.5) is 0 Å². The molecular formula is C13H14N2O. The molecule has 0 amide bonds. The molecular weight excluding hydrogens is 200 g/mol. The lowest BCUT2D eigenvalue weighted by molar-refractivity contribution is 0.0913. The average molecular weight is 214 g/mol. The Bertz CT molecular complexity index is 541. The Kier molecular flexibility index (Phi) is 2.48. The van der Waals surface area contributed by atoms with Crippen LogP contribution in [-0.2, 0) is 0 Å². The second-order valence-corrected chi connectivity index (χ2v) is 4.46. The van der Waals surface area contributed by atoms with Gasteiger partial charge >= 0.3 is 0 Å². The molecule has 0 saturated heterocycles. The van der Waals surface area contributed by atoms with Crippen LogP contribution in [0.1, 0.15) is 24.2 Å². The zero-order valence-corrected chi connectivity index (χ0v) is 9.40. The number of hydrogen-bond donors (Lipinski definition) is 1. The van der Waals surface area contributed by atoms with E-state index in [4.69, 9.17) is 5.73 Å². The van der Waals surface area contributed by atoms with Crippen molar-refractivity contribution in [2.24, 2.45) is 5.73 Å². The molecule has 0 aliphatic carbocycles. The van der Waals surface area contributed by atoms with E-state index in [1.165, 1.54) is 0 Å². The molecule has 16 heavy (non-hydrogen) atoms. The van der Waals surface area contributed by atoms with Gasteiger partial charge in [-0.05, 0) is 26.0 Å². The maximum absolute atomic E-state index is 12.0. The number of carbonyl (C=O) groups excluding carboxylic acids is 1. The van der Waals surface area contributed by atoms with Crippen molar-refractivity contribution in [3.05, 3.63) is 42.1 Å². The minimum absolute atomic E-state index is 0.0694. The highest BCUT2D eigenvalue weighted by atomic mass is 16.1. The summed E-state index contributed by atoms with van der Waals surface area (Å²) in [5.41, 5.74) is 6.37. The van der Waals surface area contributed by atoms with Crippen LogP contribution in [0.25, 0.3) is 10.9 Å². The minimum atomic E-state index is -0.845. The number of benzene rings is 1. The molecule has 0 atom stereocenters. The summed E-state index contributed by atoms with van der Waals surface area (Å²) in [4.78, 5) is 16.2. The number of rotatable bonds is 2. The Morgan fingerprint density at radius 3 is 2.75 bits per heavy atom. The summed E-state index contributed by atoms with van der Waals surface area (Å²) >= 11 is 0. The highest BCUT2D eigenvalue weighted by molar-refractivity contribution is 6.04. The summed E-state index contributed by atoms with van der Waals surface area (Å²) in [7, 11) is 0. The van der Waals surface area contributed by atoms with Crippen LogP contribution in [-0.4, -0.2) is 16.3 Å². The van der Waals surface area contributed by atoms with Crippen molar-refractivity contribution in [1.29, 1.82) is 0 Å². The molecule has 82 valence electrons. The Labute approximate surface area is 94.3 Å². The number of Topliss-reactive ketones (excluding diaryl/α,β-unsaturated/α-hetero) is 1. The molecule has 2 aromatic rings. The summed E-state index contributed by atoms with van der Waals surface area (Å²) in [5.74, 6) is -0.0694. The maximum Gasteiger partial charge on any atom is 0.182 e. The molecule has 3 heteroatoms. The molecule has 2 rings (SSSR count). The van der Waals surface area contributed by atoms with Crippen molar-refractivity contribution in [2.45, 2.75) is 19.4 Å². The number of nitrogens with two attached hydrogens (primary N) is 1. The summed E-state index contributed by atoms with van der Waals surface area (Å²) in [6, 6.07) is 9.30. The fourth-order valence-corrected chi connectivity index (χ4v) is 1.58. The van der Waals surface area contributed by atoms with Gasteiger partial charge in [-0.25, -0.2) is 0 Å². The second kappa shape index (κ2) is 3.68. The molecule has 1 heterocycles. The van der Waals surface area contributed by atoms with E-state index in [1.54, 1.807) is 32.2 Å². The molecule has 0 bridgehead atoms. The first-order valence-electron chi connectivity index (χ1n) is 5.17. The number of fused-ring (bicyclic) bond motifs is 1. The van der Waals surface area contributed by atoms with Crippen molar-refractivity contribution in [1.82, 2.24) is 4.98 Å². The zero-order valence-electron chi connectivity index (χ0n) is 9.40. The quantitative estimate of drug-likeness (QED) is 0.779. The fourth-order valence-electron chi connectivity index (χ4n) is 1.58. The van der Waals surface area contributed by atoms with Crippen molar-refractivity contribution in [2.75, 3.05) is 0 Å². The number of aromatic nitrogens is 1. The van der Waals surface area contributed by atoms with Crippen LogP contribution >= 0.6 is 0 Å². The lowest BCUT2D eigenvalue weighted by Gasteiger charge is -2.16. The smallest absolute Gasteiger partial charge is 0.182 e. The van der Waals surface area contributed by atoms with Gasteiger partial charge in [-0.3, -0.25) is 9.78 Å². The predicted octanol–water partition coefficient (Wildman–Crippen LogP) is 2.15. The number of hydrogen-bond acceptors (Lipinski definition) is 3. The van der Waals surface area contributed by atoms with Gasteiger partial charge in [0.05, 0.1) is 11.1 Å². The van der Waals surface area contributed by atoms with Gasteiger partial charge in [-0.2, -0.15) is 0 Å². The average Bonchev–Trinajstić information content (AvgIpc) is 2.26. The Morgan fingerprint density at radius 1 is 1.31 bits per heavy atom. The first-order valence-corrected chi connectivity index (χ1v) is 5.17. The molecule has 0 saturated carbocycles. The molecule has 2 N–H and O–H groups in total. The molecule has 3 nitrogen and oxygen atoms in total. The van der Waals surface area contributed by atoms with E-state index < -0.39 is 5.54 Å².